The standard InChI is InChI=1S/C12H14FN5/c1-8-2-5-10(6-11(8)13)18-12(15-16-17-18)7-14-9-3-4-9/h2,5-6,9,14H,3-4,7H2,1H3. The first kappa shape index (κ1) is 11.3. The molecule has 5 nitrogen and oxygen atoms in total. The van der Waals surface area contributed by atoms with E-state index in [0.717, 1.165) is 0 Å². The zero-order chi connectivity index (χ0) is 12.5. The highest BCUT2D eigenvalue weighted by atomic mass is 19.1. The van der Waals surface area contributed by atoms with E-state index >= 15 is 0 Å². The van der Waals surface area contributed by atoms with Crippen molar-refractivity contribution in [3.05, 3.63) is 35.4 Å². The van der Waals surface area contributed by atoms with E-state index in [1.54, 1.807) is 17.7 Å². The second-order valence-corrected chi connectivity index (χ2v) is 4.60. The van der Waals surface area contributed by atoms with Gasteiger partial charge in [-0.05, 0) is 47.9 Å². The van der Waals surface area contributed by atoms with Gasteiger partial charge in [0.05, 0.1) is 12.2 Å². The molecule has 2 aromatic rings. The maximum atomic E-state index is 13.5. The molecule has 1 saturated carbocycles. The molecule has 0 saturated heterocycles. The molecule has 6 heteroatoms. The van der Waals surface area contributed by atoms with Crippen molar-refractivity contribution >= 4 is 0 Å². The molecular formula is C12H14FN5. The van der Waals surface area contributed by atoms with Crippen molar-refractivity contribution in [3.8, 4) is 5.69 Å². The van der Waals surface area contributed by atoms with E-state index < -0.39 is 0 Å². The van der Waals surface area contributed by atoms with Gasteiger partial charge in [0.25, 0.3) is 0 Å². The molecule has 1 heterocycles. The van der Waals surface area contributed by atoms with Crippen LogP contribution in [0.2, 0.25) is 0 Å². The van der Waals surface area contributed by atoms with Crippen molar-refractivity contribution in [2.24, 2.45) is 0 Å². The van der Waals surface area contributed by atoms with Gasteiger partial charge in [-0.25, -0.2) is 4.39 Å². The summed E-state index contributed by atoms with van der Waals surface area (Å²) in [5.74, 6) is 0.453. The number of nitrogens with zero attached hydrogens (tertiary/aromatic N) is 4. The number of tetrazole rings is 1. The molecule has 0 bridgehead atoms. The molecule has 18 heavy (non-hydrogen) atoms. The highest BCUT2D eigenvalue weighted by Gasteiger charge is 2.21. The molecule has 1 aliphatic rings. The van der Waals surface area contributed by atoms with Crippen LogP contribution in [0.25, 0.3) is 5.69 Å². The van der Waals surface area contributed by atoms with Crippen molar-refractivity contribution < 1.29 is 4.39 Å². The number of nitrogens with one attached hydrogen (secondary N) is 1. The summed E-state index contributed by atoms with van der Waals surface area (Å²) in [6.07, 6.45) is 2.42. The molecule has 0 unspecified atom stereocenters. The molecule has 1 fully saturated rings. The lowest BCUT2D eigenvalue weighted by Gasteiger charge is -2.06. The Morgan fingerprint density at radius 2 is 2.28 bits per heavy atom. The number of hydrogen-bond donors (Lipinski definition) is 1. The monoisotopic (exact) mass is 247 g/mol. The zero-order valence-electron chi connectivity index (χ0n) is 10.1. The normalized spacial score (nSPS) is 15.0. The van der Waals surface area contributed by atoms with Crippen LogP contribution < -0.4 is 5.32 Å². The molecule has 1 N–H and O–H groups in total. The number of benzene rings is 1. The van der Waals surface area contributed by atoms with Crippen LogP contribution in [0.3, 0.4) is 0 Å². The van der Waals surface area contributed by atoms with Gasteiger partial charge < -0.3 is 5.32 Å². The fourth-order valence-electron chi connectivity index (χ4n) is 1.75. The predicted molar refractivity (Wildman–Crippen MR) is 63.7 cm³/mol. The largest absolute Gasteiger partial charge is 0.307 e. The lowest BCUT2D eigenvalue weighted by Crippen LogP contribution is -2.19. The summed E-state index contributed by atoms with van der Waals surface area (Å²) in [6, 6.07) is 5.58. The number of rotatable bonds is 4. The first-order valence-electron chi connectivity index (χ1n) is 6.01. The summed E-state index contributed by atoms with van der Waals surface area (Å²) in [4.78, 5) is 0. The number of aryl methyl sites for hydroxylation is 1. The van der Waals surface area contributed by atoms with Crippen molar-refractivity contribution in [1.29, 1.82) is 0 Å². The molecule has 3 rings (SSSR count). The molecule has 1 aromatic heterocycles. The van der Waals surface area contributed by atoms with Crippen LogP contribution in [-0.4, -0.2) is 26.2 Å². The first-order valence-corrected chi connectivity index (χ1v) is 6.01. The van der Waals surface area contributed by atoms with Crippen molar-refractivity contribution in [2.45, 2.75) is 32.4 Å². The van der Waals surface area contributed by atoms with Gasteiger partial charge in [-0.2, -0.15) is 4.68 Å². The molecule has 0 spiro atoms. The van der Waals surface area contributed by atoms with Gasteiger partial charge in [0.1, 0.15) is 5.82 Å². The highest BCUT2D eigenvalue weighted by Crippen LogP contribution is 2.19. The third kappa shape index (κ3) is 2.24. The SMILES string of the molecule is Cc1ccc(-n2nnnc2CNC2CC2)cc1F. The van der Waals surface area contributed by atoms with Crippen LogP contribution in [0.15, 0.2) is 18.2 Å². The molecule has 0 aliphatic heterocycles. The summed E-state index contributed by atoms with van der Waals surface area (Å²) >= 11 is 0. The van der Waals surface area contributed by atoms with Gasteiger partial charge in [0.15, 0.2) is 5.82 Å². The van der Waals surface area contributed by atoms with E-state index in [2.05, 4.69) is 20.8 Å². The Balaban J connectivity index is 1.85. The summed E-state index contributed by atoms with van der Waals surface area (Å²) in [6.45, 7) is 2.33. The molecule has 0 atom stereocenters. The van der Waals surface area contributed by atoms with Gasteiger partial charge in [0, 0.05) is 6.04 Å². The molecule has 0 amide bonds. The minimum Gasteiger partial charge on any atom is -0.307 e. The highest BCUT2D eigenvalue weighted by molar-refractivity contribution is 5.34. The smallest absolute Gasteiger partial charge is 0.170 e. The molecule has 1 aliphatic carbocycles. The zero-order valence-corrected chi connectivity index (χ0v) is 10.1. The predicted octanol–water partition coefficient (Wildman–Crippen LogP) is 1.36. The maximum absolute atomic E-state index is 13.5. The Bertz CT molecular complexity index is 561. The summed E-state index contributed by atoms with van der Waals surface area (Å²) < 4.78 is 15.1. The van der Waals surface area contributed by atoms with E-state index in [1.807, 2.05) is 6.07 Å². The fraction of sp³-hybridized carbons (Fsp3) is 0.417. The summed E-state index contributed by atoms with van der Waals surface area (Å²) in [5.41, 5.74) is 1.26. The number of hydrogen-bond acceptors (Lipinski definition) is 4. The van der Waals surface area contributed by atoms with Crippen LogP contribution >= 0.6 is 0 Å². The number of aromatic nitrogens is 4. The van der Waals surface area contributed by atoms with Crippen LogP contribution in [0, 0.1) is 12.7 Å². The molecule has 0 radical (unpaired) electrons. The second-order valence-electron chi connectivity index (χ2n) is 4.60. The number of halogens is 1. The van der Waals surface area contributed by atoms with Crippen molar-refractivity contribution in [2.75, 3.05) is 0 Å². The maximum Gasteiger partial charge on any atom is 0.170 e. The van der Waals surface area contributed by atoms with Gasteiger partial charge in [-0.15, -0.1) is 5.10 Å². The van der Waals surface area contributed by atoms with Gasteiger partial charge >= 0.3 is 0 Å². The van der Waals surface area contributed by atoms with E-state index in [0.29, 0.717) is 29.7 Å². The minimum absolute atomic E-state index is 0.246. The van der Waals surface area contributed by atoms with Crippen molar-refractivity contribution in [1.82, 2.24) is 25.5 Å². The Morgan fingerprint density at radius 1 is 1.44 bits per heavy atom. The lowest BCUT2D eigenvalue weighted by molar-refractivity contribution is 0.610. The van der Waals surface area contributed by atoms with Gasteiger partial charge in [0.2, 0.25) is 0 Å². The van der Waals surface area contributed by atoms with Crippen LogP contribution in [0.5, 0.6) is 0 Å². The Hall–Kier alpha value is -1.82. The van der Waals surface area contributed by atoms with E-state index in [1.165, 1.54) is 18.9 Å². The average molecular weight is 247 g/mol. The Labute approximate surface area is 104 Å². The van der Waals surface area contributed by atoms with Crippen LogP contribution in [0.4, 0.5) is 4.39 Å². The van der Waals surface area contributed by atoms with Crippen molar-refractivity contribution in [3.63, 3.8) is 0 Å². The van der Waals surface area contributed by atoms with Gasteiger partial charge in [-0.1, -0.05) is 6.07 Å². The third-order valence-corrected chi connectivity index (χ3v) is 3.06. The topological polar surface area (TPSA) is 55.6 Å². The van der Waals surface area contributed by atoms with E-state index in [9.17, 15) is 4.39 Å². The van der Waals surface area contributed by atoms with Gasteiger partial charge in [-0.3, -0.25) is 0 Å². The summed E-state index contributed by atoms with van der Waals surface area (Å²) in [7, 11) is 0. The Kier molecular flexibility index (Phi) is 2.79. The van der Waals surface area contributed by atoms with E-state index in [-0.39, 0.29) is 5.82 Å². The first-order chi connectivity index (χ1) is 8.74. The minimum atomic E-state index is -0.246. The molecule has 94 valence electrons. The van der Waals surface area contributed by atoms with Crippen LogP contribution in [0.1, 0.15) is 24.2 Å². The molecule has 1 aromatic carbocycles. The Morgan fingerprint density at radius 3 is 3.00 bits per heavy atom. The van der Waals surface area contributed by atoms with E-state index in [4.69, 9.17) is 0 Å². The average Bonchev–Trinajstić information content (AvgIpc) is 3.08. The fourth-order valence-corrected chi connectivity index (χ4v) is 1.75. The quantitative estimate of drug-likeness (QED) is 0.886. The summed E-state index contributed by atoms with van der Waals surface area (Å²) in [5, 5.41) is 14.9. The lowest BCUT2D eigenvalue weighted by atomic mass is 10.2. The van der Waals surface area contributed by atoms with Crippen LogP contribution in [-0.2, 0) is 6.54 Å². The molecular weight excluding hydrogens is 233 g/mol. The third-order valence-electron chi connectivity index (χ3n) is 3.06. The second kappa shape index (κ2) is 4.45.